The second-order valence-corrected chi connectivity index (χ2v) is 4.15. The number of hydrogen-bond acceptors (Lipinski definition) is 5. The van der Waals surface area contributed by atoms with Crippen LogP contribution in [-0.4, -0.2) is 45.6 Å². The molecule has 0 saturated heterocycles. The van der Waals surface area contributed by atoms with Gasteiger partial charge < -0.3 is 25.2 Å². The number of methoxy groups -OCH3 is 2. The lowest BCUT2D eigenvalue weighted by atomic mass is 10.2. The van der Waals surface area contributed by atoms with E-state index in [1.807, 2.05) is 30.1 Å². The predicted molar refractivity (Wildman–Crippen MR) is 72.5 cm³/mol. The summed E-state index contributed by atoms with van der Waals surface area (Å²) in [4.78, 5) is 1.96. The van der Waals surface area contributed by atoms with Crippen LogP contribution < -0.4 is 20.1 Å². The van der Waals surface area contributed by atoms with E-state index in [-0.39, 0.29) is 0 Å². The Morgan fingerprint density at radius 2 is 1.94 bits per heavy atom. The third kappa shape index (κ3) is 3.78. The van der Waals surface area contributed by atoms with Crippen LogP contribution in [0.25, 0.3) is 0 Å². The zero-order valence-electron chi connectivity index (χ0n) is 11.2. The number of benzene rings is 1. The van der Waals surface area contributed by atoms with Crippen LogP contribution in [0.1, 0.15) is 6.42 Å². The molecule has 5 nitrogen and oxygen atoms in total. The van der Waals surface area contributed by atoms with Crippen LogP contribution in [0.3, 0.4) is 0 Å². The van der Waals surface area contributed by atoms with Crippen LogP contribution in [0.2, 0.25) is 0 Å². The fourth-order valence-corrected chi connectivity index (χ4v) is 1.77. The maximum Gasteiger partial charge on any atom is 0.162 e. The van der Waals surface area contributed by atoms with Crippen LogP contribution >= 0.6 is 0 Å². The summed E-state index contributed by atoms with van der Waals surface area (Å²) in [7, 11) is 5.12. The lowest BCUT2D eigenvalue weighted by molar-refractivity contribution is 0.174. The summed E-state index contributed by atoms with van der Waals surface area (Å²) in [5.74, 6) is 1.37. The van der Waals surface area contributed by atoms with Gasteiger partial charge in [0.15, 0.2) is 11.5 Å². The smallest absolute Gasteiger partial charge is 0.162 e. The van der Waals surface area contributed by atoms with Crippen LogP contribution in [0, 0.1) is 0 Å². The van der Waals surface area contributed by atoms with Gasteiger partial charge in [0.1, 0.15) is 0 Å². The Morgan fingerprint density at radius 3 is 2.50 bits per heavy atom. The Morgan fingerprint density at radius 1 is 1.28 bits per heavy atom. The number of rotatable bonds is 7. The predicted octanol–water partition coefficient (Wildman–Crippen LogP) is 0.850. The van der Waals surface area contributed by atoms with Crippen molar-refractivity contribution in [3.63, 3.8) is 0 Å². The lowest BCUT2D eigenvalue weighted by Gasteiger charge is -2.23. The zero-order valence-corrected chi connectivity index (χ0v) is 11.2. The van der Waals surface area contributed by atoms with Crippen molar-refractivity contribution in [3.8, 4) is 11.5 Å². The minimum absolute atomic E-state index is 0.423. The molecule has 0 aromatic heterocycles. The molecular weight excluding hydrogens is 232 g/mol. The molecule has 0 aliphatic carbocycles. The minimum Gasteiger partial charge on any atom is -0.493 e. The molecule has 0 aliphatic heterocycles. The van der Waals surface area contributed by atoms with Gasteiger partial charge in [-0.3, -0.25) is 0 Å². The number of aliphatic hydroxyl groups is 1. The molecule has 18 heavy (non-hydrogen) atoms. The second-order valence-electron chi connectivity index (χ2n) is 4.15. The van der Waals surface area contributed by atoms with Gasteiger partial charge in [0, 0.05) is 25.3 Å². The first-order valence-corrected chi connectivity index (χ1v) is 5.93. The quantitative estimate of drug-likeness (QED) is 0.755. The van der Waals surface area contributed by atoms with Gasteiger partial charge in [-0.2, -0.15) is 0 Å². The molecule has 5 heteroatoms. The van der Waals surface area contributed by atoms with Gasteiger partial charge in [0.25, 0.3) is 0 Å². The largest absolute Gasteiger partial charge is 0.493 e. The Hall–Kier alpha value is -1.46. The maximum atomic E-state index is 9.73. The highest BCUT2D eigenvalue weighted by Crippen LogP contribution is 2.31. The van der Waals surface area contributed by atoms with Gasteiger partial charge >= 0.3 is 0 Å². The molecule has 1 rings (SSSR count). The molecule has 1 atom stereocenters. The van der Waals surface area contributed by atoms with Crippen molar-refractivity contribution in [2.75, 3.05) is 39.3 Å². The van der Waals surface area contributed by atoms with E-state index in [0.29, 0.717) is 31.0 Å². The third-order valence-corrected chi connectivity index (χ3v) is 2.79. The van der Waals surface area contributed by atoms with Gasteiger partial charge in [-0.1, -0.05) is 0 Å². The summed E-state index contributed by atoms with van der Waals surface area (Å²) in [6, 6.07) is 5.66. The Labute approximate surface area is 108 Å². The normalized spacial score (nSPS) is 12.1. The summed E-state index contributed by atoms with van der Waals surface area (Å²) in [6.07, 6.45) is 0.172. The molecule has 0 radical (unpaired) electrons. The van der Waals surface area contributed by atoms with Crippen molar-refractivity contribution in [3.05, 3.63) is 18.2 Å². The van der Waals surface area contributed by atoms with E-state index in [2.05, 4.69) is 0 Å². The molecule has 0 bridgehead atoms. The van der Waals surface area contributed by atoms with E-state index >= 15 is 0 Å². The molecular formula is C13H22N2O3. The molecule has 3 N–H and O–H groups in total. The molecule has 0 saturated carbocycles. The van der Waals surface area contributed by atoms with E-state index in [1.165, 1.54) is 0 Å². The Bertz CT molecular complexity index is 371. The van der Waals surface area contributed by atoms with Crippen molar-refractivity contribution in [1.82, 2.24) is 0 Å². The molecule has 1 aromatic carbocycles. The summed E-state index contributed by atoms with van der Waals surface area (Å²) in [5, 5.41) is 9.73. The Kier molecular flexibility index (Phi) is 5.74. The summed E-state index contributed by atoms with van der Waals surface area (Å²) in [6.45, 7) is 1.02. The fraction of sp³-hybridized carbons (Fsp3) is 0.538. The van der Waals surface area contributed by atoms with Gasteiger partial charge in [-0.15, -0.1) is 0 Å². The molecule has 1 unspecified atom stereocenters. The number of nitrogens with zero attached hydrogens (tertiary/aromatic N) is 1. The first kappa shape index (κ1) is 14.6. The maximum absolute atomic E-state index is 9.73. The van der Waals surface area contributed by atoms with Crippen molar-refractivity contribution in [1.29, 1.82) is 0 Å². The van der Waals surface area contributed by atoms with E-state index in [0.717, 1.165) is 5.69 Å². The summed E-state index contributed by atoms with van der Waals surface area (Å²) >= 11 is 0. The molecule has 0 amide bonds. The SMILES string of the molecule is COc1ccc(N(C)CC(O)CCN)cc1OC. The van der Waals surface area contributed by atoms with Crippen LogP contribution in [0.4, 0.5) is 5.69 Å². The van der Waals surface area contributed by atoms with E-state index < -0.39 is 6.10 Å². The average Bonchev–Trinajstić information content (AvgIpc) is 2.38. The standard InChI is InChI=1S/C13H22N2O3/c1-15(9-11(16)6-7-14)10-4-5-12(17-2)13(8-10)18-3/h4-5,8,11,16H,6-7,9,14H2,1-3H3. The first-order valence-electron chi connectivity index (χ1n) is 5.93. The molecule has 1 aromatic rings. The van der Waals surface area contributed by atoms with Crippen LogP contribution in [0.15, 0.2) is 18.2 Å². The van der Waals surface area contributed by atoms with Gasteiger partial charge in [0.05, 0.1) is 20.3 Å². The van der Waals surface area contributed by atoms with Crippen molar-refractivity contribution in [2.45, 2.75) is 12.5 Å². The summed E-state index contributed by atoms with van der Waals surface area (Å²) < 4.78 is 10.4. The van der Waals surface area contributed by atoms with E-state index in [9.17, 15) is 5.11 Å². The Balaban J connectivity index is 2.76. The van der Waals surface area contributed by atoms with Crippen molar-refractivity contribution in [2.24, 2.45) is 5.73 Å². The lowest BCUT2D eigenvalue weighted by Crippen LogP contribution is -2.30. The monoisotopic (exact) mass is 254 g/mol. The van der Waals surface area contributed by atoms with Crippen molar-refractivity contribution >= 4 is 5.69 Å². The zero-order chi connectivity index (χ0) is 13.5. The molecule has 0 aliphatic rings. The molecule has 0 fully saturated rings. The summed E-state index contributed by atoms with van der Waals surface area (Å²) in [5.41, 5.74) is 6.37. The van der Waals surface area contributed by atoms with Gasteiger partial charge in [-0.05, 0) is 25.1 Å². The van der Waals surface area contributed by atoms with E-state index in [4.69, 9.17) is 15.2 Å². The number of aliphatic hydroxyl groups excluding tert-OH is 1. The molecule has 0 spiro atoms. The van der Waals surface area contributed by atoms with Gasteiger partial charge in [-0.25, -0.2) is 0 Å². The van der Waals surface area contributed by atoms with E-state index in [1.54, 1.807) is 14.2 Å². The average molecular weight is 254 g/mol. The fourth-order valence-electron chi connectivity index (χ4n) is 1.77. The molecule has 0 heterocycles. The van der Waals surface area contributed by atoms with Crippen molar-refractivity contribution < 1.29 is 14.6 Å². The number of nitrogens with two attached hydrogens (primary N) is 1. The highest BCUT2D eigenvalue weighted by molar-refractivity contribution is 5.56. The highest BCUT2D eigenvalue weighted by atomic mass is 16.5. The number of likely N-dealkylation sites (N-methyl/N-ethyl adjacent to an activating group) is 1. The second kappa shape index (κ2) is 7.08. The van der Waals surface area contributed by atoms with Gasteiger partial charge in [0.2, 0.25) is 0 Å². The molecule has 102 valence electrons. The third-order valence-electron chi connectivity index (χ3n) is 2.79. The minimum atomic E-state index is -0.423. The number of hydrogen-bond donors (Lipinski definition) is 2. The topological polar surface area (TPSA) is 68.0 Å². The highest BCUT2D eigenvalue weighted by Gasteiger charge is 2.11. The number of ether oxygens (including phenoxy) is 2. The first-order chi connectivity index (χ1) is 8.62. The van der Waals surface area contributed by atoms with Crippen LogP contribution in [0.5, 0.6) is 11.5 Å². The number of anilines is 1. The van der Waals surface area contributed by atoms with Crippen LogP contribution in [-0.2, 0) is 0 Å².